The van der Waals surface area contributed by atoms with Gasteiger partial charge in [-0.3, -0.25) is 44.4 Å². The number of nitro groups is 2. The van der Waals surface area contributed by atoms with E-state index in [-0.39, 0.29) is 27.5 Å². The average Bonchev–Trinajstić information content (AvgIpc) is 3.41. The number of amides is 3. The molecule has 0 bridgehead atoms. The summed E-state index contributed by atoms with van der Waals surface area (Å²) in [6.45, 7) is 0. The minimum atomic E-state index is -1.28. The van der Waals surface area contributed by atoms with Gasteiger partial charge in [0.15, 0.2) is 0 Å². The first-order valence-electron chi connectivity index (χ1n) is 9.67. The highest BCUT2D eigenvalue weighted by molar-refractivity contribution is 7.10. The number of non-ortho nitro benzene ring substituents is 1. The molecule has 170 valence electrons. The minimum absolute atomic E-state index is 0.0266. The summed E-state index contributed by atoms with van der Waals surface area (Å²) in [5.41, 5.74) is -1.02. The Bertz CT molecular complexity index is 1420. The molecule has 5 rings (SSSR count). The van der Waals surface area contributed by atoms with E-state index in [9.17, 15) is 34.6 Å². The molecule has 0 saturated carbocycles. The molecule has 1 fully saturated rings. The Morgan fingerprint density at radius 2 is 1.59 bits per heavy atom. The van der Waals surface area contributed by atoms with Crippen LogP contribution in [0.5, 0.6) is 0 Å². The normalized spacial score (nSPS) is 19.3. The summed E-state index contributed by atoms with van der Waals surface area (Å²) in [7, 11) is 0. The maximum atomic E-state index is 13.4. The van der Waals surface area contributed by atoms with Crippen LogP contribution < -0.4 is 4.90 Å². The van der Waals surface area contributed by atoms with Gasteiger partial charge in [0.05, 0.1) is 21.0 Å². The van der Waals surface area contributed by atoms with Crippen molar-refractivity contribution in [2.75, 3.05) is 4.90 Å². The van der Waals surface area contributed by atoms with Gasteiger partial charge in [-0.1, -0.05) is 17.7 Å². The summed E-state index contributed by atoms with van der Waals surface area (Å²) in [6, 6.07) is 8.37. The number of anilines is 1. The first-order valence-corrected chi connectivity index (χ1v) is 10.9. The fraction of sp³-hybridized carbons (Fsp3) is 0.0952. The zero-order valence-corrected chi connectivity index (χ0v) is 18.4. The van der Waals surface area contributed by atoms with Gasteiger partial charge in [0.2, 0.25) is 0 Å². The van der Waals surface area contributed by atoms with E-state index in [1.54, 1.807) is 17.5 Å². The van der Waals surface area contributed by atoms with Gasteiger partial charge in [0.25, 0.3) is 29.1 Å². The number of thiophene rings is 1. The molecule has 0 spiro atoms. The number of hydrogen-bond acceptors (Lipinski definition) is 8. The van der Waals surface area contributed by atoms with Crippen LogP contribution >= 0.6 is 22.9 Å². The maximum absolute atomic E-state index is 13.4. The van der Waals surface area contributed by atoms with Crippen molar-refractivity contribution in [2.24, 2.45) is 0 Å². The Labute approximate surface area is 199 Å². The van der Waals surface area contributed by atoms with Gasteiger partial charge in [-0.25, -0.2) is 0 Å². The molecule has 2 atom stereocenters. The number of nitro benzene ring substituents is 2. The standard InChI is InChI=1S/C21H11ClN4O7S/c22-10-3-6-14(15(8-10)26(32)33)23-17(16-2-1-7-34-16)18(21(23)29)24-19(27)12-5-4-11(25(30)31)9-13(12)20(24)28/h1-9,17-18H/t17-,18+/m1/s1. The van der Waals surface area contributed by atoms with Crippen molar-refractivity contribution in [3.63, 3.8) is 0 Å². The average molecular weight is 499 g/mol. The fourth-order valence-electron chi connectivity index (χ4n) is 4.20. The van der Waals surface area contributed by atoms with Crippen molar-refractivity contribution in [3.8, 4) is 0 Å². The zero-order chi connectivity index (χ0) is 24.3. The van der Waals surface area contributed by atoms with Gasteiger partial charge < -0.3 is 0 Å². The first kappa shape index (κ1) is 21.7. The molecule has 34 heavy (non-hydrogen) atoms. The van der Waals surface area contributed by atoms with Crippen LogP contribution in [-0.2, 0) is 4.79 Å². The molecule has 0 aliphatic carbocycles. The van der Waals surface area contributed by atoms with E-state index in [1.807, 2.05) is 0 Å². The summed E-state index contributed by atoms with van der Waals surface area (Å²) in [4.78, 5) is 63.5. The molecular formula is C21H11ClN4O7S. The Hall–Kier alpha value is -4.16. The topological polar surface area (TPSA) is 144 Å². The quantitative estimate of drug-likeness (QED) is 0.224. The highest BCUT2D eigenvalue weighted by Gasteiger charge is 2.58. The fourth-order valence-corrected chi connectivity index (χ4v) is 5.21. The lowest BCUT2D eigenvalue weighted by molar-refractivity contribution is -0.384. The molecule has 2 aliphatic rings. The van der Waals surface area contributed by atoms with E-state index in [4.69, 9.17) is 11.6 Å². The monoisotopic (exact) mass is 498 g/mol. The van der Waals surface area contributed by atoms with Gasteiger partial charge in [0.1, 0.15) is 17.8 Å². The molecule has 0 radical (unpaired) electrons. The third-order valence-electron chi connectivity index (χ3n) is 5.69. The number of imide groups is 1. The van der Waals surface area contributed by atoms with Crippen LogP contribution in [0.3, 0.4) is 0 Å². The van der Waals surface area contributed by atoms with Crippen LogP contribution in [0.15, 0.2) is 53.9 Å². The lowest BCUT2D eigenvalue weighted by Gasteiger charge is -2.48. The number of carbonyl (C=O) groups excluding carboxylic acids is 3. The second kappa shape index (κ2) is 7.71. The largest absolute Gasteiger partial charge is 0.294 e. The number of hydrogen-bond donors (Lipinski definition) is 0. The van der Waals surface area contributed by atoms with E-state index >= 15 is 0 Å². The number of nitrogens with zero attached hydrogens (tertiary/aromatic N) is 4. The molecule has 0 N–H and O–H groups in total. The van der Waals surface area contributed by atoms with Crippen LogP contribution in [-0.4, -0.2) is 38.5 Å². The molecule has 2 aromatic carbocycles. The van der Waals surface area contributed by atoms with Gasteiger partial charge >= 0.3 is 0 Å². The Balaban J connectivity index is 1.59. The molecule has 3 amide bonds. The lowest BCUT2D eigenvalue weighted by Crippen LogP contribution is -2.67. The molecule has 1 saturated heterocycles. The SMILES string of the molecule is O=C1c2ccc([N+](=O)[O-])cc2C(=O)N1[C@@H]1C(=O)N(c2ccc(Cl)cc2[N+](=O)[O-])[C@@H]1c1cccs1. The van der Waals surface area contributed by atoms with E-state index in [0.717, 1.165) is 28.0 Å². The van der Waals surface area contributed by atoms with Gasteiger partial charge in [0, 0.05) is 28.1 Å². The molecule has 3 heterocycles. The Morgan fingerprint density at radius 3 is 2.24 bits per heavy atom. The number of carbonyl (C=O) groups is 3. The molecule has 1 aromatic heterocycles. The van der Waals surface area contributed by atoms with E-state index in [1.165, 1.54) is 29.5 Å². The minimum Gasteiger partial charge on any atom is -0.293 e. The molecule has 3 aromatic rings. The van der Waals surface area contributed by atoms with Gasteiger partial charge in [-0.15, -0.1) is 11.3 Å². The zero-order valence-electron chi connectivity index (χ0n) is 16.8. The predicted molar refractivity (Wildman–Crippen MR) is 120 cm³/mol. The summed E-state index contributed by atoms with van der Waals surface area (Å²) in [6.07, 6.45) is 0. The third kappa shape index (κ3) is 3.07. The Kier molecular flexibility index (Phi) is 4.92. The summed E-state index contributed by atoms with van der Waals surface area (Å²) < 4.78 is 0. The van der Waals surface area contributed by atoms with Crippen molar-refractivity contribution >= 4 is 57.7 Å². The highest BCUT2D eigenvalue weighted by Crippen LogP contribution is 2.48. The van der Waals surface area contributed by atoms with Crippen LogP contribution in [0.2, 0.25) is 5.02 Å². The van der Waals surface area contributed by atoms with E-state index < -0.39 is 45.3 Å². The summed E-state index contributed by atoms with van der Waals surface area (Å²) in [5.74, 6) is -2.30. The van der Waals surface area contributed by atoms with E-state index in [2.05, 4.69) is 0 Å². The molecular weight excluding hydrogens is 488 g/mol. The molecule has 2 aliphatic heterocycles. The summed E-state index contributed by atoms with van der Waals surface area (Å²) in [5, 5.41) is 24.6. The van der Waals surface area contributed by atoms with Crippen molar-refractivity contribution < 1.29 is 24.2 Å². The lowest BCUT2D eigenvalue weighted by atomic mass is 9.90. The van der Waals surface area contributed by atoms with Crippen LogP contribution in [0.1, 0.15) is 31.6 Å². The van der Waals surface area contributed by atoms with Crippen molar-refractivity contribution in [1.29, 1.82) is 0 Å². The molecule has 0 unspecified atom stereocenters. The first-order chi connectivity index (χ1) is 16.2. The number of β-lactam (4-membered cyclic amide) rings is 1. The second-order valence-electron chi connectivity index (χ2n) is 7.47. The van der Waals surface area contributed by atoms with Crippen molar-refractivity contribution in [1.82, 2.24) is 4.90 Å². The van der Waals surface area contributed by atoms with Crippen molar-refractivity contribution in [2.45, 2.75) is 12.1 Å². The van der Waals surface area contributed by atoms with Crippen LogP contribution in [0.25, 0.3) is 0 Å². The van der Waals surface area contributed by atoms with Crippen LogP contribution in [0.4, 0.5) is 17.1 Å². The number of halogens is 1. The highest BCUT2D eigenvalue weighted by atomic mass is 35.5. The predicted octanol–water partition coefficient (Wildman–Crippen LogP) is 3.97. The van der Waals surface area contributed by atoms with Gasteiger partial charge in [-0.05, 0) is 29.6 Å². The number of benzene rings is 2. The Morgan fingerprint density at radius 1 is 0.853 bits per heavy atom. The molecule has 13 heteroatoms. The third-order valence-corrected chi connectivity index (χ3v) is 6.86. The van der Waals surface area contributed by atoms with Gasteiger partial charge in [-0.2, -0.15) is 0 Å². The smallest absolute Gasteiger partial charge is 0.293 e. The number of rotatable bonds is 5. The van der Waals surface area contributed by atoms with Crippen molar-refractivity contribution in [3.05, 3.63) is 95.2 Å². The maximum Gasteiger partial charge on any atom is 0.294 e. The van der Waals surface area contributed by atoms with Crippen LogP contribution in [0, 0.1) is 20.2 Å². The second-order valence-corrected chi connectivity index (χ2v) is 8.89. The molecule has 11 nitrogen and oxygen atoms in total. The summed E-state index contributed by atoms with van der Waals surface area (Å²) >= 11 is 7.16. The van der Waals surface area contributed by atoms with E-state index in [0.29, 0.717) is 4.88 Å². The number of fused-ring (bicyclic) bond motifs is 1.